The SMILES string of the molecule is COc1cccc(C(=O)N2CCN(C(=O)c3cc4ccsc4n3Cc3cccc(F)c3)CC2C)c1. The van der Waals surface area contributed by atoms with Gasteiger partial charge in [0, 0.05) is 43.2 Å². The van der Waals surface area contributed by atoms with Crippen LogP contribution < -0.4 is 4.74 Å². The average molecular weight is 492 g/mol. The highest BCUT2D eigenvalue weighted by Crippen LogP contribution is 2.28. The monoisotopic (exact) mass is 491 g/mol. The van der Waals surface area contributed by atoms with Crippen molar-refractivity contribution in [3.8, 4) is 5.75 Å². The standard InChI is InChI=1S/C27H26FN3O3S/c1-18-16-29(10-11-30(18)25(32)20-6-4-8-23(14-20)34-2)26(33)24-15-21-9-12-35-27(21)31(24)17-19-5-3-7-22(28)13-19/h3-9,12-15,18H,10-11,16-17H2,1-2H3. The van der Waals surface area contributed by atoms with Gasteiger partial charge in [-0.25, -0.2) is 4.39 Å². The third kappa shape index (κ3) is 4.53. The van der Waals surface area contributed by atoms with Crippen LogP contribution in [-0.4, -0.2) is 59.0 Å². The first-order valence-corrected chi connectivity index (χ1v) is 12.4. The summed E-state index contributed by atoms with van der Waals surface area (Å²) in [5, 5.41) is 2.99. The minimum absolute atomic E-state index is 0.0708. The van der Waals surface area contributed by atoms with Crippen molar-refractivity contribution in [1.82, 2.24) is 14.4 Å². The molecular weight excluding hydrogens is 465 g/mol. The fourth-order valence-electron chi connectivity index (χ4n) is 4.65. The van der Waals surface area contributed by atoms with Crippen molar-refractivity contribution in [2.24, 2.45) is 0 Å². The molecular formula is C27H26FN3O3S. The number of fused-ring (bicyclic) bond motifs is 1. The van der Waals surface area contributed by atoms with Gasteiger partial charge in [0.25, 0.3) is 11.8 Å². The van der Waals surface area contributed by atoms with E-state index < -0.39 is 0 Å². The van der Waals surface area contributed by atoms with Gasteiger partial charge in [-0.2, -0.15) is 0 Å². The second-order valence-electron chi connectivity index (χ2n) is 8.76. The van der Waals surface area contributed by atoms with Crippen LogP contribution in [0.25, 0.3) is 10.2 Å². The van der Waals surface area contributed by atoms with Crippen LogP contribution in [0.2, 0.25) is 0 Å². The molecule has 2 amide bonds. The topological polar surface area (TPSA) is 54.8 Å². The van der Waals surface area contributed by atoms with Gasteiger partial charge < -0.3 is 19.1 Å². The number of piperazine rings is 1. The molecule has 180 valence electrons. The van der Waals surface area contributed by atoms with E-state index in [0.717, 1.165) is 15.8 Å². The number of benzene rings is 2. The minimum Gasteiger partial charge on any atom is -0.497 e. The fourth-order valence-corrected chi connectivity index (χ4v) is 5.55. The van der Waals surface area contributed by atoms with Crippen LogP contribution in [0.5, 0.6) is 5.75 Å². The maximum absolute atomic E-state index is 13.8. The van der Waals surface area contributed by atoms with Crippen molar-refractivity contribution in [3.05, 3.63) is 88.7 Å². The van der Waals surface area contributed by atoms with Gasteiger partial charge in [-0.15, -0.1) is 11.3 Å². The maximum atomic E-state index is 13.8. The smallest absolute Gasteiger partial charge is 0.270 e. The van der Waals surface area contributed by atoms with Crippen molar-refractivity contribution < 1.29 is 18.7 Å². The number of thiophene rings is 1. The lowest BCUT2D eigenvalue weighted by Crippen LogP contribution is -2.55. The summed E-state index contributed by atoms with van der Waals surface area (Å²) < 4.78 is 21.0. The summed E-state index contributed by atoms with van der Waals surface area (Å²) in [4.78, 5) is 31.4. The van der Waals surface area contributed by atoms with Gasteiger partial charge in [0.2, 0.25) is 0 Å². The Bertz CT molecular complexity index is 1400. The number of carbonyl (C=O) groups is 2. The Morgan fingerprint density at radius 1 is 1.06 bits per heavy atom. The van der Waals surface area contributed by atoms with Crippen molar-refractivity contribution in [2.75, 3.05) is 26.7 Å². The summed E-state index contributed by atoms with van der Waals surface area (Å²) in [5.41, 5.74) is 1.95. The molecule has 1 aliphatic heterocycles. The van der Waals surface area contributed by atoms with Crippen molar-refractivity contribution >= 4 is 33.4 Å². The molecule has 0 radical (unpaired) electrons. The number of carbonyl (C=O) groups excluding carboxylic acids is 2. The molecule has 2 aromatic carbocycles. The number of hydrogen-bond donors (Lipinski definition) is 0. The average Bonchev–Trinajstić information content (AvgIpc) is 3.46. The summed E-state index contributed by atoms with van der Waals surface area (Å²) in [7, 11) is 1.57. The Hall–Kier alpha value is -3.65. The van der Waals surface area contributed by atoms with E-state index in [1.807, 2.05) is 40.0 Å². The number of aromatic nitrogens is 1. The molecule has 1 saturated heterocycles. The predicted octanol–water partition coefficient (Wildman–Crippen LogP) is 4.89. The number of halogens is 1. The molecule has 0 aliphatic carbocycles. The van der Waals surface area contributed by atoms with Crippen molar-refractivity contribution in [1.29, 1.82) is 0 Å². The highest BCUT2D eigenvalue weighted by Gasteiger charge is 2.32. The Balaban J connectivity index is 1.36. The second kappa shape index (κ2) is 9.54. The maximum Gasteiger partial charge on any atom is 0.270 e. The molecule has 4 aromatic rings. The van der Waals surface area contributed by atoms with Crippen LogP contribution in [0, 0.1) is 5.82 Å². The van der Waals surface area contributed by atoms with Gasteiger partial charge in [0.05, 0.1) is 7.11 Å². The van der Waals surface area contributed by atoms with E-state index in [4.69, 9.17) is 4.74 Å². The molecule has 35 heavy (non-hydrogen) atoms. The van der Waals surface area contributed by atoms with Crippen LogP contribution in [0.4, 0.5) is 4.39 Å². The number of hydrogen-bond acceptors (Lipinski definition) is 4. The molecule has 1 unspecified atom stereocenters. The summed E-state index contributed by atoms with van der Waals surface area (Å²) >= 11 is 1.56. The van der Waals surface area contributed by atoms with E-state index in [0.29, 0.717) is 43.2 Å². The van der Waals surface area contributed by atoms with Crippen LogP contribution in [0.1, 0.15) is 33.3 Å². The Morgan fingerprint density at radius 2 is 1.89 bits per heavy atom. The molecule has 0 bridgehead atoms. The minimum atomic E-state index is -0.296. The number of nitrogens with zero attached hydrogens (tertiary/aromatic N) is 3. The number of ether oxygens (including phenoxy) is 1. The number of amides is 2. The third-order valence-electron chi connectivity index (χ3n) is 6.44. The van der Waals surface area contributed by atoms with Crippen LogP contribution in [0.3, 0.4) is 0 Å². The lowest BCUT2D eigenvalue weighted by atomic mass is 10.1. The Labute approximate surface area is 207 Å². The third-order valence-corrected chi connectivity index (χ3v) is 7.39. The number of rotatable bonds is 5. The zero-order valence-corrected chi connectivity index (χ0v) is 20.4. The molecule has 6 nitrogen and oxygen atoms in total. The van der Waals surface area contributed by atoms with E-state index in [1.165, 1.54) is 12.1 Å². The molecule has 8 heteroatoms. The fraction of sp³-hybridized carbons (Fsp3) is 0.259. The van der Waals surface area contributed by atoms with Gasteiger partial charge in [0.1, 0.15) is 22.1 Å². The summed E-state index contributed by atoms with van der Waals surface area (Å²) in [6, 6.07) is 17.3. The van der Waals surface area contributed by atoms with Crippen molar-refractivity contribution in [2.45, 2.75) is 19.5 Å². The molecule has 1 atom stereocenters. The van der Waals surface area contributed by atoms with Gasteiger partial charge >= 0.3 is 0 Å². The van der Waals surface area contributed by atoms with E-state index in [-0.39, 0.29) is 23.7 Å². The molecule has 1 aliphatic rings. The quantitative estimate of drug-likeness (QED) is 0.400. The van der Waals surface area contributed by atoms with E-state index in [2.05, 4.69) is 0 Å². The normalized spacial score (nSPS) is 16.0. The van der Waals surface area contributed by atoms with Gasteiger partial charge in [-0.3, -0.25) is 9.59 Å². The van der Waals surface area contributed by atoms with Crippen molar-refractivity contribution in [3.63, 3.8) is 0 Å². The largest absolute Gasteiger partial charge is 0.497 e. The zero-order valence-electron chi connectivity index (χ0n) is 19.6. The summed E-state index contributed by atoms with van der Waals surface area (Å²) in [6.07, 6.45) is 0. The van der Waals surface area contributed by atoms with Gasteiger partial charge in [0.15, 0.2) is 0 Å². The molecule has 0 spiro atoms. The molecule has 1 fully saturated rings. The lowest BCUT2D eigenvalue weighted by Gasteiger charge is -2.40. The first-order chi connectivity index (χ1) is 16.9. The Kier molecular flexibility index (Phi) is 6.30. The lowest BCUT2D eigenvalue weighted by molar-refractivity contribution is 0.0409. The first kappa shape index (κ1) is 23.1. The van der Waals surface area contributed by atoms with Crippen LogP contribution >= 0.6 is 11.3 Å². The van der Waals surface area contributed by atoms with Crippen LogP contribution in [0.15, 0.2) is 66.0 Å². The van der Waals surface area contributed by atoms with Gasteiger partial charge in [-0.1, -0.05) is 18.2 Å². The summed E-state index contributed by atoms with van der Waals surface area (Å²) in [6.45, 7) is 3.70. The van der Waals surface area contributed by atoms with E-state index >= 15 is 0 Å². The zero-order chi connectivity index (χ0) is 24.5. The Morgan fingerprint density at radius 3 is 2.66 bits per heavy atom. The number of methoxy groups -OCH3 is 1. The summed E-state index contributed by atoms with van der Waals surface area (Å²) in [5.74, 6) is 0.190. The van der Waals surface area contributed by atoms with E-state index in [9.17, 15) is 14.0 Å². The second-order valence-corrected chi connectivity index (χ2v) is 9.65. The molecule has 3 heterocycles. The molecule has 0 N–H and O–H groups in total. The van der Waals surface area contributed by atoms with E-state index in [1.54, 1.807) is 53.7 Å². The molecule has 0 saturated carbocycles. The highest BCUT2D eigenvalue weighted by atomic mass is 32.1. The van der Waals surface area contributed by atoms with Gasteiger partial charge in [-0.05, 0) is 60.3 Å². The molecule has 2 aromatic heterocycles. The molecule has 5 rings (SSSR count). The predicted molar refractivity (Wildman–Crippen MR) is 135 cm³/mol. The highest BCUT2D eigenvalue weighted by molar-refractivity contribution is 7.16. The first-order valence-electron chi connectivity index (χ1n) is 11.5. The van der Waals surface area contributed by atoms with Crippen LogP contribution in [-0.2, 0) is 6.54 Å².